The summed E-state index contributed by atoms with van der Waals surface area (Å²) in [6.45, 7) is 1.67. The number of benzene rings is 1. The van der Waals surface area contributed by atoms with Gasteiger partial charge in [-0.15, -0.1) is 0 Å². The van der Waals surface area contributed by atoms with Crippen molar-refractivity contribution in [2.75, 3.05) is 18.5 Å². The van der Waals surface area contributed by atoms with Crippen molar-refractivity contribution in [1.82, 2.24) is 15.1 Å². The number of aliphatic carboxylic acids is 1. The summed E-state index contributed by atoms with van der Waals surface area (Å²) in [5.41, 5.74) is 0.336. The first-order valence-corrected chi connectivity index (χ1v) is 7.54. The molecule has 0 saturated carbocycles. The maximum atomic E-state index is 12.2. The van der Waals surface area contributed by atoms with E-state index < -0.39 is 17.8 Å². The molecule has 1 aromatic heterocycles. The first kappa shape index (κ1) is 18.0. The summed E-state index contributed by atoms with van der Waals surface area (Å²) < 4.78 is 6.55. The Labute approximate surface area is 143 Å². The smallest absolute Gasteiger partial charge is 0.325 e. The van der Waals surface area contributed by atoms with Gasteiger partial charge in [0.15, 0.2) is 5.82 Å². The SMILES string of the molecule is CCOc1ccccc1C(=O)NCC(=O)Nc1ccn(CC(=O)O)n1. The molecule has 9 nitrogen and oxygen atoms in total. The van der Waals surface area contributed by atoms with E-state index in [4.69, 9.17) is 9.84 Å². The Morgan fingerprint density at radius 2 is 2.00 bits per heavy atom. The molecule has 0 fully saturated rings. The second-order valence-electron chi connectivity index (χ2n) is 4.95. The largest absolute Gasteiger partial charge is 0.493 e. The number of rotatable bonds is 8. The number of amides is 2. The molecule has 0 atom stereocenters. The number of nitrogens with zero attached hydrogens (tertiary/aromatic N) is 2. The lowest BCUT2D eigenvalue weighted by Crippen LogP contribution is -2.33. The van der Waals surface area contributed by atoms with Gasteiger partial charge in [0.05, 0.1) is 18.7 Å². The highest BCUT2D eigenvalue weighted by atomic mass is 16.5. The molecule has 2 amide bonds. The Bertz CT molecular complexity index is 771. The Morgan fingerprint density at radius 3 is 2.72 bits per heavy atom. The fourth-order valence-electron chi connectivity index (χ4n) is 2.03. The van der Waals surface area contributed by atoms with Gasteiger partial charge in [-0.25, -0.2) is 0 Å². The molecule has 1 aromatic carbocycles. The number of hydrogen-bond donors (Lipinski definition) is 3. The minimum absolute atomic E-state index is 0.204. The quantitative estimate of drug-likeness (QED) is 0.648. The fourth-order valence-corrected chi connectivity index (χ4v) is 2.03. The normalized spacial score (nSPS) is 10.1. The standard InChI is InChI=1S/C16H18N4O5/c1-2-25-12-6-4-3-5-11(12)16(24)17-9-14(21)18-13-7-8-20(19-13)10-15(22)23/h3-8H,2,9-10H2,1H3,(H,17,24)(H,22,23)(H,18,19,21). The monoisotopic (exact) mass is 346 g/mol. The maximum Gasteiger partial charge on any atom is 0.325 e. The van der Waals surface area contributed by atoms with Gasteiger partial charge in [-0.3, -0.25) is 19.1 Å². The van der Waals surface area contributed by atoms with Gasteiger partial charge in [0, 0.05) is 12.3 Å². The number of carboxylic acid groups (broad SMARTS) is 1. The number of anilines is 1. The van der Waals surface area contributed by atoms with Crippen LogP contribution in [0.1, 0.15) is 17.3 Å². The molecule has 9 heteroatoms. The van der Waals surface area contributed by atoms with Gasteiger partial charge in [0.2, 0.25) is 5.91 Å². The molecule has 3 N–H and O–H groups in total. The van der Waals surface area contributed by atoms with Gasteiger partial charge in [0.25, 0.3) is 5.91 Å². The van der Waals surface area contributed by atoms with Crippen LogP contribution in [0.5, 0.6) is 5.75 Å². The molecule has 0 bridgehead atoms. The second-order valence-corrected chi connectivity index (χ2v) is 4.95. The van der Waals surface area contributed by atoms with Crippen LogP contribution in [0.2, 0.25) is 0 Å². The second kappa shape index (κ2) is 8.48. The number of carboxylic acids is 1. The number of para-hydroxylation sites is 1. The van der Waals surface area contributed by atoms with Crippen molar-refractivity contribution in [3.63, 3.8) is 0 Å². The number of nitrogens with one attached hydrogen (secondary N) is 2. The number of hydrogen-bond acceptors (Lipinski definition) is 5. The van der Waals surface area contributed by atoms with E-state index in [0.717, 1.165) is 0 Å². The summed E-state index contributed by atoms with van der Waals surface area (Å²) in [5.74, 6) is -1.31. The predicted octanol–water partition coefficient (Wildman–Crippen LogP) is 0.735. The highest BCUT2D eigenvalue weighted by Crippen LogP contribution is 2.17. The molecule has 2 aromatic rings. The zero-order valence-corrected chi connectivity index (χ0v) is 13.6. The van der Waals surface area contributed by atoms with E-state index in [1.54, 1.807) is 24.3 Å². The van der Waals surface area contributed by atoms with Crippen molar-refractivity contribution < 1.29 is 24.2 Å². The van der Waals surface area contributed by atoms with Crippen LogP contribution in [-0.4, -0.2) is 45.8 Å². The average molecular weight is 346 g/mol. The Hall–Kier alpha value is -3.36. The molecular weight excluding hydrogens is 328 g/mol. The van der Waals surface area contributed by atoms with E-state index in [-0.39, 0.29) is 18.9 Å². The van der Waals surface area contributed by atoms with Gasteiger partial charge in [0.1, 0.15) is 12.3 Å². The maximum absolute atomic E-state index is 12.2. The van der Waals surface area contributed by atoms with Gasteiger partial charge >= 0.3 is 5.97 Å². The van der Waals surface area contributed by atoms with E-state index in [0.29, 0.717) is 17.9 Å². The zero-order valence-electron chi connectivity index (χ0n) is 13.6. The van der Waals surface area contributed by atoms with Crippen molar-refractivity contribution in [2.45, 2.75) is 13.5 Å². The van der Waals surface area contributed by atoms with Crippen molar-refractivity contribution in [3.05, 3.63) is 42.1 Å². The van der Waals surface area contributed by atoms with Crippen LogP contribution < -0.4 is 15.4 Å². The summed E-state index contributed by atoms with van der Waals surface area (Å²) in [6.07, 6.45) is 1.43. The lowest BCUT2D eigenvalue weighted by atomic mass is 10.2. The van der Waals surface area contributed by atoms with Crippen LogP contribution in [0, 0.1) is 0 Å². The highest BCUT2D eigenvalue weighted by Gasteiger charge is 2.13. The van der Waals surface area contributed by atoms with Gasteiger partial charge in [-0.05, 0) is 19.1 Å². The molecular formula is C16H18N4O5. The van der Waals surface area contributed by atoms with Gasteiger partial charge in [-0.2, -0.15) is 5.10 Å². The van der Waals surface area contributed by atoms with Crippen molar-refractivity contribution in [1.29, 1.82) is 0 Å². The number of aromatic nitrogens is 2. The third kappa shape index (κ3) is 5.34. The Morgan fingerprint density at radius 1 is 1.24 bits per heavy atom. The molecule has 25 heavy (non-hydrogen) atoms. The number of carbonyl (C=O) groups excluding carboxylic acids is 2. The van der Waals surface area contributed by atoms with E-state index >= 15 is 0 Å². The van der Waals surface area contributed by atoms with Gasteiger partial charge in [-0.1, -0.05) is 12.1 Å². The van der Waals surface area contributed by atoms with Crippen LogP contribution in [-0.2, 0) is 16.1 Å². The summed E-state index contributed by atoms with van der Waals surface area (Å²) in [7, 11) is 0. The molecule has 0 aliphatic heterocycles. The van der Waals surface area contributed by atoms with Gasteiger partial charge < -0.3 is 20.5 Å². The zero-order chi connectivity index (χ0) is 18.2. The van der Waals surface area contributed by atoms with E-state index in [1.807, 2.05) is 6.92 Å². The molecule has 132 valence electrons. The van der Waals surface area contributed by atoms with Crippen molar-refractivity contribution in [3.8, 4) is 5.75 Å². The molecule has 0 radical (unpaired) electrons. The number of carbonyl (C=O) groups is 3. The first-order chi connectivity index (χ1) is 12.0. The van der Waals surface area contributed by atoms with Crippen molar-refractivity contribution >= 4 is 23.6 Å². The summed E-state index contributed by atoms with van der Waals surface area (Å²) in [4.78, 5) is 34.6. The van der Waals surface area contributed by atoms with Crippen LogP contribution in [0.15, 0.2) is 36.5 Å². The van der Waals surface area contributed by atoms with Crippen molar-refractivity contribution in [2.24, 2.45) is 0 Å². The minimum atomic E-state index is -1.04. The predicted molar refractivity (Wildman–Crippen MR) is 88.4 cm³/mol. The molecule has 2 rings (SSSR count). The Kier molecular flexibility index (Phi) is 6.10. The topological polar surface area (TPSA) is 123 Å². The van der Waals surface area contributed by atoms with Crippen LogP contribution >= 0.6 is 0 Å². The van der Waals surface area contributed by atoms with Crippen LogP contribution in [0.4, 0.5) is 5.82 Å². The first-order valence-electron chi connectivity index (χ1n) is 7.54. The summed E-state index contributed by atoms with van der Waals surface area (Å²) in [5, 5.41) is 17.5. The molecule has 0 spiro atoms. The van der Waals surface area contributed by atoms with Crippen LogP contribution in [0.3, 0.4) is 0 Å². The molecule has 0 aliphatic rings. The molecule has 0 aliphatic carbocycles. The molecule has 0 unspecified atom stereocenters. The highest BCUT2D eigenvalue weighted by molar-refractivity contribution is 6.00. The lowest BCUT2D eigenvalue weighted by Gasteiger charge is -2.10. The average Bonchev–Trinajstić information content (AvgIpc) is 2.99. The fraction of sp³-hybridized carbons (Fsp3) is 0.250. The molecule has 0 saturated heterocycles. The summed E-state index contributed by atoms with van der Waals surface area (Å²) in [6, 6.07) is 8.20. The Balaban J connectivity index is 1.88. The summed E-state index contributed by atoms with van der Waals surface area (Å²) >= 11 is 0. The van der Waals surface area contributed by atoms with Crippen LogP contribution in [0.25, 0.3) is 0 Å². The third-order valence-corrected chi connectivity index (χ3v) is 3.05. The van der Waals surface area contributed by atoms with E-state index in [1.165, 1.54) is 16.9 Å². The number of ether oxygens (including phenoxy) is 1. The third-order valence-electron chi connectivity index (χ3n) is 3.05. The molecule has 1 heterocycles. The van der Waals surface area contributed by atoms with E-state index in [2.05, 4.69) is 15.7 Å². The minimum Gasteiger partial charge on any atom is -0.493 e. The lowest BCUT2D eigenvalue weighted by molar-refractivity contribution is -0.137. The van der Waals surface area contributed by atoms with E-state index in [9.17, 15) is 14.4 Å².